The molecule has 0 bridgehead atoms. The van der Waals surface area contributed by atoms with E-state index in [1.165, 1.54) is 4.90 Å². The summed E-state index contributed by atoms with van der Waals surface area (Å²) >= 11 is 0. The van der Waals surface area contributed by atoms with Crippen LogP contribution in [0.1, 0.15) is 33.1 Å². The van der Waals surface area contributed by atoms with Crippen LogP contribution in [0.2, 0.25) is 0 Å². The molecule has 0 rings (SSSR count). The van der Waals surface area contributed by atoms with Gasteiger partial charge >= 0.3 is 5.97 Å². The predicted molar refractivity (Wildman–Crippen MR) is 71.2 cm³/mol. The molecule has 2 amide bonds. The van der Waals surface area contributed by atoms with Crippen LogP contribution in [0.25, 0.3) is 0 Å². The number of rotatable bonds is 8. The predicted octanol–water partition coefficient (Wildman–Crippen LogP) is 0.703. The molecule has 0 saturated carbocycles. The molecule has 0 fully saturated rings. The molecule has 0 heterocycles. The van der Waals surface area contributed by atoms with Gasteiger partial charge in [0.1, 0.15) is 0 Å². The first-order valence-corrected chi connectivity index (χ1v) is 6.43. The van der Waals surface area contributed by atoms with E-state index in [4.69, 9.17) is 5.73 Å². The van der Waals surface area contributed by atoms with Crippen LogP contribution < -0.4 is 5.73 Å². The van der Waals surface area contributed by atoms with Gasteiger partial charge in [0.05, 0.1) is 5.92 Å². The van der Waals surface area contributed by atoms with Crippen molar-refractivity contribution in [2.24, 2.45) is 23.5 Å². The van der Waals surface area contributed by atoms with E-state index in [0.29, 0.717) is 6.42 Å². The number of primary amides is 1. The number of carbonyl (C=O) groups is 3. The summed E-state index contributed by atoms with van der Waals surface area (Å²) in [6.45, 7) is 3.49. The van der Waals surface area contributed by atoms with Crippen LogP contribution in [0.3, 0.4) is 0 Å². The summed E-state index contributed by atoms with van der Waals surface area (Å²) in [7, 11) is 3.26. The Labute approximate surface area is 113 Å². The summed E-state index contributed by atoms with van der Waals surface area (Å²) < 4.78 is 0. The molecule has 0 aromatic heterocycles. The van der Waals surface area contributed by atoms with Gasteiger partial charge in [-0.2, -0.15) is 0 Å². The molecule has 3 unspecified atom stereocenters. The Morgan fingerprint density at radius 2 is 1.68 bits per heavy atom. The highest BCUT2D eigenvalue weighted by molar-refractivity contribution is 5.80. The molecule has 110 valence electrons. The van der Waals surface area contributed by atoms with Gasteiger partial charge in [-0.3, -0.25) is 14.4 Å². The maximum absolute atomic E-state index is 11.7. The molecule has 0 radical (unpaired) electrons. The fourth-order valence-electron chi connectivity index (χ4n) is 2.09. The van der Waals surface area contributed by atoms with Crippen LogP contribution in [-0.2, 0) is 14.4 Å². The monoisotopic (exact) mass is 272 g/mol. The zero-order chi connectivity index (χ0) is 15.2. The van der Waals surface area contributed by atoms with Crippen LogP contribution in [0.4, 0.5) is 0 Å². The minimum Gasteiger partial charge on any atom is -0.481 e. The summed E-state index contributed by atoms with van der Waals surface area (Å²) in [5, 5.41) is 9.19. The zero-order valence-corrected chi connectivity index (χ0v) is 12.0. The lowest BCUT2D eigenvalue weighted by atomic mass is 9.85. The Bertz CT molecular complexity index is 342. The molecule has 3 atom stereocenters. The van der Waals surface area contributed by atoms with Crippen molar-refractivity contribution >= 4 is 17.8 Å². The quantitative estimate of drug-likeness (QED) is 0.679. The Morgan fingerprint density at radius 3 is 2.00 bits per heavy atom. The van der Waals surface area contributed by atoms with E-state index in [0.717, 1.165) is 0 Å². The normalized spacial score (nSPS) is 15.4. The number of amides is 2. The van der Waals surface area contributed by atoms with Crippen molar-refractivity contribution in [1.82, 2.24) is 4.90 Å². The SMILES string of the molecule is CCC(CC(CC(C)C(=O)N(C)C)C(=O)O)C(N)=O. The minimum atomic E-state index is -0.988. The van der Waals surface area contributed by atoms with Gasteiger partial charge < -0.3 is 15.7 Å². The van der Waals surface area contributed by atoms with E-state index >= 15 is 0 Å². The van der Waals surface area contributed by atoms with E-state index in [-0.39, 0.29) is 24.7 Å². The third-order valence-corrected chi connectivity index (χ3v) is 3.31. The zero-order valence-electron chi connectivity index (χ0n) is 12.0. The van der Waals surface area contributed by atoms with Crippen LogP contribution in [-0.4, -0.2) is 41.9 Å². The lowest BCUT2D eigenvalue weighted by Gasteiger charge is -2.22. The maximum atomic E-state index is 11.7. The molecule has 6 nitrogen and oxygen atoms in total. The molecule has 3 N–H and O–H groups in total. The number of carboxylic acids is 1. The van der Waals surface area contributed by atoms with Crippen LogP contribution >= 0.6 is 0 Å². The van der Waals surface area contributed by atoms with Crippen molar-refractivity contribution in [1.29, 1.82) is 0 Å². The molecular formula is C13H24N2O4. The molecule has 0 saturated heterocycles. The standard InChI is InChI=1S/C13H24N2O4/c1-5-9(11(14)16)7-10(13(18)19)6-8(2)12(17)15(3)4/h8-10H,5-7H2,1-4H3,(H2,14,16)(H,18,19). The van der Waals surface area contributed by atoms with Crippen LogP contribution in [0.5, 0.6) is 0 Å². The van der Waals surface area contributed by atoms with E-state index in [2.05, 4.69) is 0 Å². The number of aliphatic carboxylic acids is 1. The topological polar surface area (TPSA) is 101 Å². The fraction of sp³-hybridized carbons (Fsp3) is 0.769. The highest BCUT2D eigenvalue weighted by atomic mass is 16.4. The number of carbonyl (C=O) groups excluding carboxylic acids is 2. The Kier molecular flexibility index (Phi) is 7.11. The van der Waals surface area contributed by atoms with Crippen LogP contribution in [0.15, 0.2) is 0 Å². The van der Waals surface area contributed by atoms with E-state index in [1.54, 1.807) is 27.9 Å². The number of nitrogens with zero attached hydrogens (tertiary/aromatic N) is 1. The summed E-state index contributed by atoms with van der Waals surface area (Å²) in [6, 6.07) is 0. The maximum Gasteiger partial charge on any atom is 0.306 e. The fourth-order valence-corrected chi connectivity index (χ4v) is 2.09. The van der Waals surface area contributed by atoms with Gasteiger partial charge in [0.25, 0.3) is 0 Å². The second kappa shape index (κ2) is 7.76. The van der Waals surface area contributed by atoms with Crippen molar-refractivity contribution in [3.05, 3.63) is 0 Å². The second-order valence-corrected chi connectivity index (χ2v) is 5.15. The molecule has 19 heavy (non-hydrogen) atoms. The lowest BCUT2D eigenvalue weighted by Crippen LogP contribution is -2.33. The number of hydrogen-bond acceptors (Lipinski definition) is 3. The number of hydrogen-bond donors (Lipinski definition) is 2. The number of nitrogens with two attached hydrogens (primary N) is 1. The first kappa shape index (κ1) is 17.4. The van der Waals surface area contributed by atoms with E-state index in [1.807, 2.05) is 0 Å². The molecule has 0 spiro atoms. The molecular weight excluding hydrogens is 248 g/mol. The molecule has 0 aromatic rings. The minimum absolute atomic E-state index is 0.113. The average Bonchev–Trinajstić information content (AvgIpc) is 2.31. The van der Waals surface area contributed by atoms with E-state index < -0.39 is 23.7 Å². The molecule has 0 aliphatic rings. The van der Waals surface area contributed by atoms with Crippen molar-refractivity contribution in [2.75, 3.05) is 14.1 Å². The summed E-state index contributed by atoms with van der Waals surface area (Å²) in [5.41, 5.74) is 5.23. The van der Waals surface area contributed by atoms with Crippen molar-refractivity contribution in [2.45, 2.75) is 33.1 Å². The molecule has 6 heteroatoms. The van der Waals surface area contributed by atoms with Gasteiger partial charge in [-0.25, -0.2) is 0 Å². The van der Waals surface area contributed by atoms with Crippen molar-refractivity contribution < 1.29 is 19.5 Å². The Morgan fingerprint density at radius 1 is 1.16 bits per heavy atom. The Balaban J connectivity index is 4.71. The highest BCUT2D eigenvalue weighted by Gasteiger charge is 2.28. The highest BCUT2D eigenvalue weighted by Crippen LogP contribution is 2.23. The third-order valence-electron chi connectivity index (χ3n) is 3.31. The van der Waals surface area contributed by atoms with Gasteiger partial charge in [-0.05, 0) is 19.3 Å². The van der Waals surface area contributed by atoms with Crippen molar-refractivity contribution in [3.63, 3.8) is 0 Å². The largest absolute Gasteiger partial charge is 0.481 e. The van der Waals surface area contributed by atoms with Gasteiger partial charge in [-0.15, -0.1) is 0 Å². The molecule has 0 aliphatic heterocycles. The van der Waals surface area contributed by atoms with Gasteiger partial charge in [0, 0.05) is 25.9 Å². The van der Waals surface area contributed by atoms with Gasteiger partial charge in [-0.1, -0.05) is 13.8 Å². The molecule has 0 aliphatic carbocycles. The lowest BCUT2D eigenvalue weighted by molar-refractivity contribution is -0.144. The Hall–Kier alpha value is -1.59. The third kappa shape index (κ3) is 5.72. The van der Waals surface area contributed by atoms with Gasteiger partial charge in [0.2, 0.25) is 11.8 Å². The summed E-state index contributed by atoms with van der Waals surface area (Å²) in [6.07, 6.45) is 0.914. The average molecular weight is 272 g/mol. The number of carboxylic acid groups (broad SMARTS) is 1. The summed E-state index contributed by atoms with van der Waals surface area (Å²) in [5.74, 6) is -3.16. The summed E-state index contributed by atoms with van der Waals surface area (Å²) in [4.78, 5) is 35.6. The van der Waals surface area contributed by atoms with E-state index in [9.17, 15) is 19.5 Å². The first-order valence-electron chi connectivity index (χ1n) is 6.43. The van der Waals surface area contributed by atoms with Gasteiger partial charge in [0.15, 0.2) is 0 Å². The van der Waals surface area contributed by atoms with Crippen molar-refractivity contribution in [3.8, 4) is 0 Å². The van der Waals surface area contributed by atoms with Crippen LogP contribution in [0, 0.1) is 17.8 Å². The smallest absolute Gasteiger partial charge is 0.306 e. The molecule has 0 aromatic carbocycles. The second-order valence-electron chi connectivity index (χ2n) is 5.15. The first-order chi connectivity index (χ1) is 8.70.